The highest BCUT2D eigenvalue weighted by molar-refractivity contribution is 6.10. The van der Waals surface area contributed by atoms with Crippen LogP contribution in [0.1, 0.15) is 69.3 Å². The fraction of sp³-hybridized carbons (Fsp3) is 0.344. The molecule has 0 radical (unpaired) electrons. The van der Waals surface area contributed by atoms with Gasteiger partial charge in [0, 0.05) is 35.3 Å². The SMILES string of the molecule is CCC(CC)c1ccc2c(-c3cc4c(cc3C)c3ccccc3n4C(C)C)[n+](C)c(C)cc2c1. The summed E-state index contributed by atoms with van der Waals surface area (Å²) in [6.45, 7) is 13.7. The Hall–Kier alpha value is -3.13. The van der Waals surface area contributed by atoms with Crippen LogP contribution in [-0.4, -0.2) is 4.57 Å². The predicted molar refractivity (Wildman–Crippen MR) is 147 cm³/mol. The Morgan fingerprint density at radius 2 is 1.53 bits per heavy atom. The normalized spacial score (nSPS) is 12.1. The van der Waals surface area contributed by atoms with Crippen LogP contribution >= 0.6 is 0 Å². The van der Waals surface area contributed by atoms with Crippen molar-refractivity contribution in [2.75, 3.05) is 0 Å². The van der Waals surface area contributed by atoms with Gasteiger partial charge in [-0.15, -0.1) is 0 Å². The van der Waals surface area contributed by atoms with Crippen molar-refractivity contribution in [3.05, 3.63) is 77.5 Å². The largest absolute Gasteiger partial charge is 0.338 e. The lowest BCUT2D eigenvalue weighted by Gasteiger charge is -2.16. The molecule has 34 heavy (non-hydrogen) atoms. The van der Waals surface area contributed by atoms with Gasteiger partial charge in [-0.25, -0.2) is 0 Å². The molecule has 5 rings (SSSR count). The van der Waals surface area contributed by atoms with E-state index in [1.807, 2.05) is 0 Å². The average Bonchev–Trinajstić information content (AvgIpc) is 3.14. The predicted octanol–water partition coefficient (Wildman–Crippen LogP) is 8.54. The van der Waals surface area contributed by atoms with Gasteiger partial charge in [0.2, 0.25) is 5.69 Å². The molecule has 0 fully saturated rings. The molecule has 0 unspecified atom stereocenters. The molecular formula is C32H37N2+. The molecule has 0 aliphatic carbocycles. The van der Waals surface area contributed by atoms with Crippen molar-refractivity contribution < 1.29 is 4.57 Å². The lowest BCUT2D eigenvalue weighted by molar-refractivity contribution is -0.665. The Morgan fingerprint density at radius 3 is 2.24 bits per heavy atom. The van der Waals surface area contributed by atoms with E-state index in [1.54, 1.807) is 0 Å². The molecule has 2 nitrogen and oxygen atoms in total. The highest BCUT2D eigenvalue weighted by atomic mass is 15.0. The van der Waals surface area contributed by atoms with Crippen molar-refractivity contribution in [1.82, 2.24) is 4.57 Å². The molecule has 0 bridgehead atoms. The molecule has 2 heteroatoms. The Kier molecular flexibility index (Phi) is 5.72. The van der Waals surface area contributed by atoms with E-state index in [4.69, 9.17) is 0 Å². The minimum atomic E-state index is 0.392. The first-order chi connectivity index (χ1) is 16.3. The minimum absolute atomic E-state index is 0.392. The molecule has 0 saturated carbocycles. The lowest BCUT2D eigenvalue weighted by atomic mass is 9.90. The van der Waals surface area contributed by atoms with Gasteiger partial charge in [0.05, 0.1) is 16.5 Å². The third-order valence-electron chi connectivity index (χ3n) is 7.84. The molecule has 0 amide bonds. The van der Waals surface area contributed by atoms with Crippen LogP contribution in [0.5, 0.6) is 0 Å². The molecule has 0 N–H and O–H groups in total. The summed E-state index contributed by atoms with van der Waals surface area (Å²) >= 11 is 0. The third-order valence-corrected chi connectivity index (χ3v) is 7.84. The molecule has 0 atom stereocenters. The van der Waals surface area contributed by atoms with Crippen molar-refractivity contribution in [2.24, 2.45) is 7.05 Å². The molecule has 3 aromatic carbocycles. The van der Waals surface area contributed by atoms with E-state index in [-0.39, 0.29) is 0 Å². The summed E-state index contributed by atoms with van der Waals surface area (Å²) in [6.07, 6.45) is 2.37. The van der Waals surface area contributed by atoms with E-state index in [0.29, 0.717) is 12.0 Å². The number of para-hydroxylation sites is 1. The summed E-state index contributed by atoms with van der Waals surface area (Å²) in [7, 11) is 2.21. The first-order valence-electron chi connectivity index (χ1n) is 12.8. The van der Waals surface area contributed by atoms with Gasteiger partial charge in [0.1, 0.15) is 7.05 Å². The van der Waals surface area contributed by atoms with Gasteiger partial charge < -0.3 is 4.57 Å². The molecule has 174 valence electrons. The maximum Gasteiger partial charge on any atom is 0.220 e. The van der Waals surface area contributed by atoms with Crippen LogP contribution in [0.2, 0.25) is 0 Å². The first kappa shape index (κ1) is 22.7. The van der Waals surface area contributed by atoms with Crippen LogP contribution in [0.3, 0.4) is 0 Å². The summed E-state index contributed by atoms with van der Waals surface area (Å²) in [4.78, 5) is 0. The van der Waals surface area contributed by atoms with Gasteiger partial charge in [-0.2, -0.15) is 4.57 Å². The summed E-state index contributed by atoms with van der Waals surface area (Å²) < 4.78 is 4.87. The summed E-state index contributed by atoms with van der Waals surface area (Å²) in [5.74, 6) is 0.627. The van der Waals surface area contributed by atoms with Crippen LogP contribution in [0.15, 0.2) is 60.7 Å². The van der Waals surface area contributed by atoms with Gasteiger partial charge in [-0.05, 0) is 80.3 Å². The van der Waals surface area contributed by atoms with E-state index in [2.05, 4.69) is 118 Å². The van der Waals surface area contributed by atoms with E-state index in [9.17, 15) is 0 Å². The maximum absolute atomic E-state index is 2.50. The number of aryl methyl sites for hydroxylation is 2. The molecule has 0 saturated heterocycles. The van der Waals surface area contributed by atoms with Crippen LogP contribution in [0.4, 0.5) is 0 Å². The summed E-state index contributed by atoms with van der Waals surface area (Å²) in [5, 5.41) is 5.37. The second-order valence-electron chi connectivity index (χ2n) is 10.2. The molecule has 2 aromatic heterocycles. The van der Waals surface area contributed by atoms with Crippen LogP contribution in [0.25, 0.3) is 43.8 Å². The van der Waals surface area contributed by atoms with Crippen LogP contribution < -0.4 is 4.57 Å². The van der Waals surface area contributed by atoms with Crippen molar-refractivity contribution in [1.29, 1.82) is 0 Å². The Labute approximate surface area is 203 Å². The average molecular weight is 450 g/mol. The quantitative estimate of drug-likeness (QED) is 0.238. The lowest BCUT2D eigenvalue weighted by Crippen LogP contribution is -2.35. The van der Waals surface area contributed by atoms with E-state index >= 15 is 0 Å². The number of aromatic nitrogens is 2. The first-order valence-corrected chi connectivity index (χ1v) is 12.8. The summed E-state index contributed by atoms with van der Waals surface area (Å²) in [6, 6.07) is 23.6. The molecule has 0 aliphatic rings. The molecule has 2 heterocycles. The zero-order valence-electron chi connectivity index (χ0n) is 21.7. The highest BCUT2D eigenvalue weighted by Crippen LogP contribution is 2.38. The molecular weight excluding hydrogens is 412 g/mol. The monoisotopic (exact) mass is 449 g/mol. The van der Waals surface area contributed by atoms with Gasteiger partial charge in [-0.3, -0.25) is 0 Å². The minimum Gasteiger partial charge on any atom is -0.338 e. The van der Waals surface area contributed by atoms with Gasteiger partial charge in [0.15, 0.2) is 5.69 Å². The standard InChI is InChI=1S/C32H37N2/c1-8-23(9-2)24-14-15-26-25(18-24)17-22(6)33(7)32(26)28-19-31-29(16-21(28)5)27-12-10-11-13-30(27)34(31)20(3)4/h10-20,23H,8-9H2,1-7H3/q+1. The molecule has 0 aliphatic heterocycles. The van der Waals surface area contributed by atoms with Crippen molar-refractivity contribution >= 4 is 32.6 Å². The maximum atomic E-state index is 2.50. The van der Waals surface area contributed by atoms with Crippen LogP contribution in [0, 0.1) is 13.8 Å². The van der Waals surface area contributed by atoms with Gasteiger partial charge in [-0.1, -0.05) is 44.2 Å². The Balaban J connectivity index is 1.84. The Morgan fingerprint density at radius 1 is 0.794 bits per heavy atom. The fourth-order valence-corrected chi connectivity index (χ4v) is 5.90. The number of fused-ring (bicyclic) bond motifs is 4. The second kappa shape index (κ2) is 8.58. The number of hydrogen-bond donors (Lipinski definition) is 0. The molecule has 5 aromatic rings. The third kappa shape index (κ3) is 3.43. The van der Waals surface area contributed by atoms with Gasteiger partial charge >= 0.3 is 0 Å². The topological polar surface area (TPSA) is 8.81 Å². The number of benzene rings is 3. The number of nitrogens with zero attached hydrogens (tertiary/aromatic N) is 2. The van der Waals surface area contributed by atoms with Crippen LogP contribution in [-0.2, 0) is 7.05 Å². The smallest absolute Gasteiger partial charge is 0.220 e. The van der Waals surface area contributed by atoms with Crippen molar-refractivity contribution in [2.45, 2.75) is 66.3 Å². The molecule has 0 spiro atoms. The second-order valence-corrected chi connectivity index (χ2v) is 10.2. The number of hydrogen-bond acceptors (Lipinski definition) is 0. The Bertz CT molecular complexity index is 1530. The van der Waals surface area contributed by atoms with Crippen molar-refractivity contribution in [3.63, 3.8) is 0 Å². The summed E-state index contributed by atoms with van der Waals surface area (Å²) in [5.41, 5.74) is 9.34. The van der Waals surface area contributed by atoms with E-state index in [0.717, 1.165) is 0 Å². The van der Waals surface area contributed by atoms with E-state index in [1.165, 1.54) is 73.5 Å². The highest BCUT2D eigenvalue weighted by Gasteiger charge is 2.23. The van der Waals surface area contributed by atoms with Gasteiger partial charge in [0.25, 0.3) is 0 Å². The number of pyridine rings is 1. The zero-order valence-corrected chi connectivity index (χ0v) is 21.7. The van der Waals surface area contributed by atoms with E-state index < -0.39 is 0 Å². The van der Waals surface area contributed by atoms with Crippen molar-refractivity contribution in [3.8, 4) is 11.3 Å². The number of rotatable bonds is 5. The fourth-order valence-electron chi connectivity index (χ4n) is 5.90. The zero-order chi connectivity index (χ0) is 24.1.